The fourth-order valence-corrected chi connectivity index (χ4v) is 2.11. The van der Waals surface area contributed by atoms with Crippen LogP contribution in [0.4, 0.5) is 0 Å². The molecule has 0 radical (unpaired) electrons. The topological polar surface area (TPSA) is 55.1 Å². The number of carboxylic acid groups (broad SMARTS) is 1. The lowest BCUT2D eigenvalue weighted by atomic mass is 10.2. The van der Waals surface area contributed by atoms with Crippen LogP contribution in [0.15, 0.2) is 24.3 Å². The second-order valence-electron chi connectivity index (χ2n) is 4.42. The van der Waals surface area contributed by atoms with Gasteiger partial charge in [0, 0.05) is 13.0 Å². The molecule has 1 N–H and O–H groups in total. The number of rotatable bonds is 6. The standard InChI is InChI=1S/C14H18N2O2/c1-2-3-8-13-15-11-6-4-5-7-12(11)16(13)10-9-14(17)18/h4-7H,2-3,8-10H2,1H3,(H,17,18). The molecule has 0 spiro atoms. The van der Waals surface area contributed by atoms with Crippen LogP contribution in [0.2, 0.25) is 0 Å². The van der Waals surface area contributed by atoms with Crippen molar-refractivity contribution in [2.75, 3.05) is 0 Å². The smallest absolute Gasteiger partial charge is 0.305 e. The van der Waals surface area contributed by atoms with Crippen molar-refractivity contribution in [1.82, 2.24) is 9.55 Å². The van der Waals surface area contributed by atoms with Crippen LogP contribution in [-0.4, -0.2) is 20.6 Å². The summed E-state index contributed by atoms with van der Waals surface area (Å²) in [5, 5.41) is 8.82. The van der Waals surface area contributed by atoms with E-state index in [1.807, 2.05) is 28.8 Å². The Labute approximate surface area is 106 Å². The summed E-state index contributed by atoms with van der Waals surface area (Å²) in [6, 6.07) is 7.90. The lowest BCUT2D eigenvalue weighted by Crippen LogP contribution is -2.08. The maximum atomic E-state index is 10.7. The fraction of sp³-hybridized carbons (Fsp3) is 0.429. The highest BCUT2D eigenvalue weighted by molar-refractivity contribution is 5.76. The summed E-state index contributed by atoms with van der Waals surface area (Å²) in [5.74, 6) is 0.230. The molecule has 0 aliphatic carbocycles. The molecule has 0 aliphatic heterocycles. The van der Waals surface area contributed by atoms with Crippen LogP contribution in [0.5, 0.6) is 0 Å². The monoisotopic (exact) mass is 246 g/mol. The minimum absolute atomic E-state index is 0.138. The molecule has 0 saturated carbocycles. The Balaban J connectivity index is 2.34. The first-order chi connectivity index (χ1) is 8.72. The molecule has 0 aliphatic rings. The minimum atomic E-state index is -0.769. The molecule has 96 valence electrons. The molecule has 1 heterocycles. The Morgan fingerprint density at radius 1 is 1.39 bits per heavy atom. The summed E-state index contributed by atoms with van der Waals surface area (Å²) in [7, 11) is 0. The van der Waals surface area contributed by atoms with Gasteiger partial charge in [-0.3, -0.25) is 4.79 Å². The van der Waals surface area contributed by atoms with E-state index in [0.29, 0.717) is 6.54 Å². The van der Waals surface area contributed by atoms with Gasteiger partial charge in [-0.15, -0.1) is 0 Å². The number of unbranched alkanes of at least 4 members (excludes halogenated alkanes) is 1. The number of nitrogens with zero attached hydrogens (tertiary/aromatic N) is 2. The van der Waals surface area contributed by atoms with Crippen molar-refractivity contribution in [3.63, 3.8) is 0 Å². The van der Waals surface area contributed by atoms with Crippen LogP contribution < -0.4 is 0 Å². The highest BCUT2D eigenvalue weighted by atomic mass is 16.4. The maximum Gasteiger partial charge on any atom is 0.305 e. The average molecular weight is 246 g/mol. The lowest BCUT2D eigenvalue weighted by molar-refractivity contribution is -0.137. The number of imidazole rings is 1. The van der Waals surface area contributed by atoms with Crippen molar-refractivity contribution < 1.29 is 9.90 Å². The van der Waals surface area contributed by atoms with Gasteiger partial charge >= 0.3 is 5.97 Å². The van der Waals surface area contributed by atoms with Crippen molar-refractivity contribution in [3.8, 4) is 0 Å². The number of aliphatic carboxylic acids is 1. The Morgan fingerprint density at radius 3 is 2.89 bits per heavy atom. The van der Waals surface area contributed by atoms with E-state index in [1.54, 1.807) is 0 Å². The molecule has 2 aromatic rings. The third-order valence-corrected chi connectivity index (χ3v) is 3.04. The number of aromatic nitrogens is 2. The third-order valence-electron chi connectivity index (χ3n) is 3.04. The van der Waals surface area contributed by atoms with Gasteiger partial charge in [-0.2, -0.15) is 0 Å². The Morgan fingerprint density at radius 2 is 2.17 bits per heavy atom. The van der Waals surface area contributed by atoms with Crippen molar-refractivity contribution in [1.29, 1.82) is 0 Å². The van der Waals surface area contributed by atoms with Crippen LogP contribution in [0.25, 0.3) is 11.0 Å². The van der Waals surface area contributed by atoms with E-state index in [2.05, 4.69) is 11.9 Å². The predicted octanol–water partition coefficient (Wildman–Crippen LogP) is 2.85. The maximum absolute atomic E-state index is 10.7. The van der Waals surface area contributed by atoms with Gasteiger partial charge in [-0.25, -0.2) is 4.98 Å². The van der Waals surface area contributed by atoms with E-state index in [-0.39, 0.29) is 6.42 Å². The molecular formula is C14H18N2O2. The van der Waals surface area contributed by atoms with Gasteiger partial charge in [0.2, 0.25) is 0 Å². The van der Waals surface area contributed by atoms with Crippen LogP contribution >= 0.6 is 0 Å². The van der Waals surface area contributed by atoms with Crippen molar-refractivity contribution in [2.24, 2.45) is 0 Å². The molecule has 0 unspecified atom stereocenters. The zero-order valence-electron chi connectivity index (χ0n) is 10.6. The normalized spacial score (nSPS) is 10.9. The Bertz CT molecular complexity index is 546. The van der Waals surface area contributed by atoms with Gasteiger partial charge in [0.1, 0.15) is 5.82 Å². The number of hydrogen-bond donors (Lipinski definition) is 1. The summed E-state index contributed by atoms with van der Waals surface area (Å²) in [4.78, 5) is 15.3. The molecule has 0 amide bonds. The highest BCUT2D eigenvalue weighted by Gasteiger charge is 2.10. The molecule has 4 nitrogen and oxygen atoms in total. The molecule has 2 rings (SSSR count). The van der Waals surface area contributed by atoms with E-state index < -0.39 is 5.97 Å². The molecule has 4 heteroatoms. The number of carboxylic acids is 1. The molecule has 18 heavy (non-hydrogen) atoms. The molecule has 0 fully saturated rings. The van der Waals surface area contributed by atoms with Gasteiger partial charge in [-0.05, 0) is 18.6 Å². The number of para-hydroxylation sites is 2. The number of hydrogen-bond acceptors (Lipinski definition) is 2. The average Bonchev–Trinajstić information content (AvgIpc) is 2.71. The molecule has 1 aromatic heterocycles. The lowest BCUT2D eigenvalue weighted by Gasteiger charge is -2.07. The Kier molecular flexibility index (Phi) is 3.97. The van der Waals surface area contributed by atoms with Crippen LogP contribution in [0.3, 0.4) is 0 Å². The molecular weight excluding hydrogens is 228 g/mol. The number of benzene rings is 1. The van der Waals surface area contributed by atoms with Crippen molar-refractivity contribution >= 4 is 17.0 Å². The van der Waals surface area contributed by atoms with Gasteiger partial charge in [-0.1, -0.05) is 25.5 Å². The first-order valence-corrected chi connectivity index (χ1v) is 6.38. The van der Waals surface area contributed by atoms with E-state index >= 15 is 0 Å². The predicted molar refractivity (Wildman–Crippen MR) is 70.6 cm³/mol. The van der Waals surface area contributed by atoms with E-state index in [1.165, 1.54) is 0 Å². The first kappa shape index (κ1) is 12.6. The molecule has 0 bridgehead atoms. The summed E-state index contributed by atoms with van der Waals surface area (Å²) >= 11 is 0. The van der Waals surface area contributed by atoms with Gasteiger partial charge in [0.25, 0.3) is 0 Å². The zero-order chi connectivity index (χ0) is 13.0. The second kappa shape index (κ2) is 5.67. The van der Waals surface area contributed by atoms with Crippen molar-refractivity contribution in [2.45, 2.75) is 39.2 Å². The Hall–Kier alpha value is -1.84. The zero-order valence-corrected chi connectivity index (χ0v) is 10.6. The van der Waals surface area contributed by atoms with E-state index in [0.717, 1.165) is 36.1 Å². The summed E-state index contributed by atoms with van der Waals surface area (Å²) < 4.78 is 2.04. The van der Waals surface area contributed by atoms with Crippen LogP contribution in [0, 0.1) is 0 Å². The van der Waals surface area contributed by atoms with E-state index in [4.69, 9.17) is 5.11 Å². The van der Waals surface area contributed by atoms with Crippen LogP contribution in [-0.2, 0) is 17.8 Å². The highest BCUT2D eigenvalue weighted by Crippen LogP contribution is 2.18. The SMILES string of the molecule is CCCCc1nc2ccccc2n1CCC(=O)O. The van der Waals surface area contributed by atoms with E-state index in [9.17, 15) is 4.79 Å². The molecule has 1 aromatic carbocycles. The minimum Gasteiger partial charge on any atom is -0.481 e. The summed E-state index contributed by atoms with van der Waals surface area (Å²) in [5.41, 5.74) is 1.99. The summed E-state index contributed by atoms with van der Waals surface area (Å²) in [6.07, 6.45) is 3.24. The molecule has 0 atom stereocenters. The fourth-order valence-electron chi connectivity index (χ4n) is 2.11. The molecule has 0 saturated heterocycles. The largest absolute Gasteiger partial charge is 0.481 e. The third kappa shape index (κ3) is 2.70. The van der Waals surface area contributed by atoms with Crippen LogP contribution in [0.1, 0.15) is 32.0 Å². The first-order valence-electron chi connectivity index (χ1n) is 6.38. The second-order valence-corrected chi connectivity index (χ2v) is 4.42. The van der Waals surface area contributed by atoms with Gasteiger partial charge in [0.05, 0.1) is 17.5 Å². The number of carbonyl (C=O) groups is 1. The van der Waals surface area contributed by atoms with Gasteiger partial charge in [0.15, 0.2) is 0 Å². The van der Waals surface area contributed by atoms with Crippen molar-refractivity contribution in [3.05, 3.63) is 30.1 Å². The number of aryl methyl sites for hydroxylation is 2. The summed E-state index contributed by atoms with van der Waals surface area (Å²) in [6.45, 7) is 2.64. The van der Waals surface area contributed by atoms with Gasteiger partial charge < -0.3 is 9.67 Å². The quantitative estimate of drug-likeness (QED) is 0.852. The number of fused-ring (bicyclic) bond motifs is 1.